The average molecular weight is 300 g/mol. The van der Waals surface area contributed by atoms with Crippen molar-refractivity contribution in [1.29, 1.82) is 0 Å². The van der Waals surface area contributed by atoms with Crippen LogP contribution in [0.5, 0.6) is 0 Å². The van der Waals surface area contributed by atoms with Crippen LogP contribution in [-0.4, -0.2) is 17.0 Å². The smallest absolute Gasteiger partial charge is 0.0207 e. The molecule has 1 saturated heterocycles. The molecule has 0 bridgehead atoms. The van der Waals surface area contributed by atoms with Gasteiger partial charge in [-0.05, 0) is 36.6 Å². The molecule has 88 valence electrons. The van der Waals surface area contributed by atoms with Crippen LogP contribution in [0.15, 0.2) is 28.7 Å². The van der Waals surface area contributed by atoms with E-state index in [9.17, 15) is 0 Å². The first-order valence-electron chi connectivity index (χ1n) is 5.88. The molecule has 2 atom stereocenters. The Hall–Kier alpha value is 0.01000. The lowest BCUT2D eigenvalue weighted by molar-refractivity contribution is 0.559. The Kier molecular flexibility index (Phi) is 4.74. The fourth-order valence-corrected chi connectivity index (χ4v) is 3.95. The van der Waals surface area contributed by atoms with Crippen molar-refractivity contribution in [2.24, 2.45) is 5.73 Å². The van der Waals surface area contributed by atoms with Gasteiger partial charge in [0.2, 0.25) is 0 Å². The third-order valence-electron chi connectivity index (χ3n) is 3.11. The molecule has 0 saturated carbocycles. The minimum Gasteiger partial charge on any atom is -0.326 e. The number of nitrogens with two attached hydrogens (primary N) is 1. The van der Waals surface area contributed by atoms with Crippen LogP contribution in [0.25, 0.3) is 0 Å². The molecule has 0 aliphatic carbocycles. The van der Waals surface area contributed by atoms with Gasteiger partial charge in [-0.25, -0.2) is 0 Å². The highest BCUT2D eigenvalue weighted by molar-refractivity contribution is 9.10. The molecule has 0 amide bonds. The van der Waals surface area contributed by atoms with E-state index in [1.807, 2.05) is 0 Å². The lowest BCUT2D eigenvalue weighted by atomic mass is 10.0. The first-order chi connectivity index (χ1) is 7.77. The molecule has 0 spiro atoms. The molecule has 2 rings (SSSR count). The van der Waals surface area contributed by atoms with Gasteiger partial charge in [-0.1, -0.05) is 40.5 Å². The standard InChI is InChI=1S/C13H18BrNS/c14-11-6-2-1-5-10(11)9-12(15)13-7-3-4-8-16-13/h1-2,5-6,12-13H,3-4,7-9,15H2. The van der Waals surface area contributed by atoms with Gasteiger partial charge in [-0.3, -0.25) is 0 Å². The maximum absolute atomic E-state index is 6.31. The normalized spacial score (nSPS) is 23.0. The Bertz CT molecular complexity index is 336. The van der Waals surface area contributed by atoms with E-state index in [4.69, 9.17) is 5.73 Å². The van der Waals surface area contributed by atoms with Gasteiger partial charge in [0.1, 0.15) is 0 Å². The maximum Gasteiger partial charge on any atom is 0.0207 e. The largest absolute Gasteiger partial charge is 0.326 e. The summed E-state index contributed by atoms with van der Waals surface area (Å²) in [5.41, 5.74) is 7.64. The van der Waals surface area contributed by atoms with Crippen LogP contribution in [0.3, 0.4) is 0 Å². The van der Waals surface area contributed by atoms with Gasteiger partial charge in [0, 0.05) is 15.8 Å². The molecule has 1 nitrogen and oxygen atoms in total. The molecule has 0 radical (unpaired) electrons. The maximum atomic E-state index is 6.31. The van der Waals surface area contributed by atoms with Crippen LogP contribution in [0, 0.1) is 0 Å². The van der Waals surface area contributed by atoms with Crippen molar-refractivity contribution in [3.63, 3.8) is 0 Å². The third kappa shape index (κ3) is 3.25. The molecule has 1 aromatic rings. The Labute approximate surface area is 110 Å². The molecule has 1 fully saturated rings. The zero-order valence-electron chi connectivity index (χ0n) is 9.36. The van der Waals surface area contributed by atoms with Gasteiger partial charge >= 0.3 is 0 Å². The second kappa shape index (κ2) is 6.08. The van der Waals surface area contributed by atoms with Crippen molar-refractivity contribution in [3.8, 4) is 0 Å². The van der Waals surface area contributed by atoms with Crippen LogP contribution in [0.1, 0.15) is 24.8 Å². The first kappa shape index (κ1) is 12.5. The van der Waals surface area contributed by atoms with Crippen molar-refractivity contribution < 1.29 is 0 Å². The van der Waals surface area contributed by atoms with E-state index < -0.39 is 0 Å². The second-order valence-electron chi connectivity index (χ2n) is 4.36. The van der Waals surface area contributed by atoms with Crippen molar-refractivity contribution >= 4 is 27.7 Å². The SMILES string of the molecule is NC(Cc1ccccc1Br)C1CCCCS1. The molecule has 1 aromatic carbocycles. The number of rotatable bonds is 3. The van der Waals surface area contributed by atoms with E-state index in [-0.39, 0.29) is 0 Å². The molecular formula is C13H18BrNS. The van der Waals surface area contributed by atoms with Crippen LogP contribution in [0.4, 0.5) is 0 Å². The summed E-state index contributed by atoms with van der Waals surface area (Å²) in [6, 6.07) is 8.69. The quantitative estimate of drug-likeness (QED) is 0.923. The number of thioether (sulfide) groups is 1. The van der Waals surface area contributed by atoms with E-state index in [2.05, 4.69) is 52.0 Å². The zero-order chi connectivity index (χ0) is 11.4. The van der Waals surface area contributed by atoms with Crippen LogP contribution >= 0.6 is 27.7 Å². The summed E-state index contributed by atoms with van der Waals surface area (Å²) in [5, 5.41) is 0.654. The predicted molar refractivity (Wildman–Crippen MR) is 75.9 cm³/mol. The van der Waals surface area contributed by atoms with Gasteiger partial charge in [0.05, 0.1) is 0 Å². The monoisotopic (exact) mass is 299 g/mol. The Morgan fingerprint density at radius 2 is 2.19 bits per heavy atom. The van der Waals surface area contributed by atoms with Crippen molar-refractivity contribution in [3.05, 3.63) is 34.3 Å². The molecular weight excluding hydrogens is 282 g/mol. The lowest BCUT2D eigenvalue weighted by Gasteiger charge is -2.27. The summed E-state index contributed by atoms with van der Waals surface area (Å²) >= 11 is 5.64. The molecule has 0 aromatic heterocycles. The fraction of sp³-hybridized carbons (Fsp3) is 0.538. The highest BCUT2D eigenvalue weighted by Gasteiger charge is 2.21. The summed E-state index contributed by atoms with van der Waals surface area (Å²) in [4.78, 5) is 0. The molecule has 1 aliphatic rings. The molecule has 2 unspecified atom stereocenters. The van der Waals surface area contributed by atoms with Crippen molar-refractivity contribution in [2.45, 2.75) is 37.0 Å². The lowest BCUT2D eigenvalue weighted by Crippen LogP contribution is -2.36. The number of benzene rings is 1. The summed E-state index contributed by atoms with van der Waals surface area (Å²) in [7, 11) is 0. The summed E-state index contributed by atoms with van der Waals surface area (Å²) < 4.78 is 1.19. The minimum atomic E-state index is 0.295. The van der Waals surface area contributed by atoms with Crippen LogP contribution < -0.4 is 5.73 Å². The number of hydrogen-bond donors (Lipinski definition) is 1. The summed E-state index contributed by atoms with van der Waals surface area (Å²) in [5.74, 6) is 1.29. The predicted octanol–water partition coefficient (Wildman–Crippen LogP) is 3.60. The van der Waals surface area contributed by atoms with Gasteiger partial charge < -0.3 is 5.73 Å². The molecule has 2 N–H and O–H groups in total. The highest BCUT2D eigenvalue weighted by Crippen LogP contribution is 2.29. The summed E-state index contributed by atoms with van der Waals surface area (Å²) in [6.45, 7) is 0. The zero-order valence-corrected chi connectivity index (χ0v) is 11.8. The van der Waals surface area contributed by atoms with Crippen LogP contribution in [0.2, 0.25) is 0 Å². The van der Waals surface area contributed by atoms with Gasteiger partial charge in [0.25, 0.3) is 0 Å². The molecule has 1 aliphatic heterocycles. The number of halogens is 1. The van der Waals surface area contributed by atoms with E-state index in [0.29, 0.717) is 11.3 Å². The second-order valence-corrected chi connectivity index (χ2v) is 6.57. The van der Waals surface area contributed by atoms with Gasteiger partial charge in [-0.2, -0.15) is 11.8 Å². The first-order valence-corrected chi connectivity index (χ1v) is 7.72. The molecule has 1 heterocycles. The Balaban J connectivity index is 1.96. The average Bonchev–Trinajstić information content (AvgIpc) is 2.33. The van der Waals surface area contributed by atoms with E-state index >= 15 is 0 Å². The Morgan fingerprint density at radius 1 is 1.38 bits per heavy atom. The minimum absolute atomic E-state index is 0.295. The number of hydrogen-bond acceptors (Lipinski definition) is 2. The van der Waals surface area contributed by atoms with Gasteiger partial charge in [-0.15, -0.1) is 0 Å². The van der Waals surface area contributed by atoms with Crippen LogP contribution in [-0.2, 0) is 6.42 Å². The van der Waals surface area contributed by atoms with E-state index in [0.717, 1.165) is 6.42 Å². The van der Waals surface area contributed by atoms with Gasteiger partial charge in [0.15, 0.2) is 0 Å². The topological polar surface area (TPSA) is 26.0 Å². The highest BCUT2D eigenvalue weighted by atomic mass is 79.9. The molecule has 16 heavy (non-hydrogen) atoms. The fourth-order valence-electron chi connectivity index (χ4n) is 2.15. The van der Waals surface area contributed by atoms with Crippen molar-refractivity contribution in [2.75, 3.05) is 5.75 Å². The van der Waals surface area contributed by atoms with E-state index in [1.54, 1.807) is 0 Å². The third-order valence-corrected chi connectivity index (χ3v) is 5.42. The molecule has 3 heteroatoms. The van der Waals surface area contributed by atoms with Crippen molar-refractivity contribution in [1.82, 2.24) is 0 Å². The summed E-state index contributed by atoms with van der Waals surface area (Å²) in [6.07, 6.45) is 4.99. The Morgan fingerprint density at radius 3 is 2.88 bits per heavy atom. The van der Waals surface area contributed by atoms with E-state index in [1.165, 1.54) is 35.1 Å².